The zero-order valence-corrected chi connectivity index (χ0v) is 17.2. The van der Waals surface area contributed by atoms with Gasteiger partial charge >= 0.3 is 5.69 Å². The summed E-state index contributed by atoms with van der Waals surface area (Å²) in [6.45, 7) is 6.27. The molecule has 0 amide bonds. The molecule has 6 nitrogen and oxygen atoms in total. The second-order valence-corrected chi connectivity index (χ2v) is 8.41. The molecule has 0 aliphatic heterocycles. The first kappa shape index (κ1) is 20.6. The van der Waals surface area contributed by atoms with Crippen LogP contribution in [0.2, 0.25) is 0 Å². The maximum absolute atomic E-state index is 12.6. The van der Waals surface area contributed by atoms with Crippen LogP contribution in [0, 0.1) is 19.8 Å². The third-order valence-electron chi connectivity index (χ3n) is 5.00. The van der Waals surface area contributed by atoms with E-state index >= 15 is 0 Å². The molecule has 1 aromatic carbocycles. The fourth-order valence-corrected chi connectivity index (χ4v) is 4.99. The number of aryl methyl sites for hydroxylation is 2. The molecular formula is C21H26N2O4S. The molecule has 1 atom stereocenters. The van der Waals surface area contributed by atoms with Gasteiger partial charge in [-0.3, -0.25) is 14.3 Å². The van der Waals surface area contributed by atoms with E-state index < -0.39 is 12.0 Å². The lowest BCUT2D eigenvalue weighted by atomic mass is 10.1. The Bertz CT molecular complexity index is 1000. The quantitative estimate of drug-likeness (QED) is 0.392. The van der Waals surface area contributed by atoms with Crippen LogP contribution in [0.5, 0.6) is 0 Å². The van der Waals surface area contributed by atoms with Crippen molar-refractivity contribution in [3.63, 3.8) is 0 Å². The van der Waals surface area contributed by atoms with Crippen molar-refractivity contribution in [2.45, 2.75) is 62.8 Å². The molecule has 0 saturated heterocycles. The molecule has 1 aliphatic carbocycles. The number of hydrogen-bond donors (Lipinski definition) is 3. The highest BCUT2D eigenvalue weighted by molar-refractivity contribution is 7.99. The van der Waals surface area contributed by atoms with Gasteiger partial charge in [0.15, 0.2) is 6.29 Å². The number of benzene rings is 1. The topological polar surface area (TPSA) is 95.3 Å². The molecule has 0 spiro atoms. The number of aliphatic hydroxyl groups is 2. The van der Waals surface area contributed by atoms with Crippen LogP contribution >= 0.6 is 11.8 Å². The van der Waals surface area contributed by atoms with Crippen molar-refractivity contribution in [3.05, 3.63) is 67.4 Å². The lowest BCUT2D eigenvalue weighted by Crippen LogP contribution is -2.34. The Balaban J connectivity index is 2.05. The third kappa shape index (κ3) is 4.48. The van der Waals surface area contributed by atoms with E-state index in [9.17, 15) is 19.8 Å². The van der Waals surface area contributed by atoms with E-state index in [1.165, 1.54) is 11.8 Å². The third-order valence-corrected chi connectivity index (χ3v) is 6.13. The van der Waals surface area contributed by atoms with Gasteiger partial charge in [-0.15, -0.1) is 0 Å². The molecule has 0 fully saturated rings. The lowest BCUT2D eigenvalue weighted by Gasteiger charge is -2.16. The van der Waals surface area contributed by atoms with Crippen molar-refractivity contribution in [1.29, 1.82) is 0 Å². The van der Waals surface area contributed by atoms with Gasteiger partial charge in [0.2, 0.25) is 0 Å². The molecule has 1 aromatic heterocycles. The van der Waals surface area contributed by atoms with Crippen molar-refractivity contribution < 1.29 is 10.2 Å². The summed E-state index contributed by atoms with van der Waals surface area (Å²) in [7, 11) is 0. The van der Waals surface area contributed by atoms with Gasteiger partial charge in [0.25, 0.3) is 5.56 Å². The van der Waals surface area contributed by atoms with Crippen molar-refractivity contribution in [3.8, 4) is 0 Å². The Kier molecular flexibility index (Phi) is 6.27. The molecule has 3 N–H and O–H groups in total. The second kappa shape index (κ2) is 8.51. The highest BCUT2D eigenvalue weighted by atomic mass is 32.2. The molecule has 0 radical (unpaired) electrons. The highest BCUT2D eigenvalue weighted by Crippen LogP contribution is 2.32. The summed E-state index contributed by atoms with van der Waals surface area (Å²) in [5.74, 6) is -0.311. The molecule has 7 heteroatoms. The molecule has 1 aliphatic rings. The summed E-state index contributed by atoms with van der Waals surface area (Å²) in [6.07, 6.45) is 2.30. The summed E-state index contributed by atoms with van der Waals surface area (Å²) in [5.41, 5.74) is 3.01. The molecule has 1 unspecified atom stereocenters. The molecule has 28 heavy (non-hydrogen) atoms. The van der Waals surface area contributed by atoms with Crippen LogP contribution in [0.1, 0.15) is 36.5 Å². The minimum Gasteiger partial charge on any atom is -0.368 e. The van der Waals surface area contributed by atoms with Gasteiger partial charge in [-0.1, -0.05) is 36.4 Å². The Morgan fingerprint density at radius 3 is 2.46 bits per heavy atom. The minimum atomic E-state index is -1.39. The summed E-state index contributed by atoms with van der Waals surface area (Å²) >= 11 is 1.43. The lowest BCUT2D eigenvalue weighted by molar-refractivity contribution is -0.0696. The number of H-pyrrole nitrogens is 1. The van der Waals surface area contributed by atoms with E-state index in [-0.39, 0.29) is 11.5 Å². The van der Waals surface area contributed by atoms with Crippen molar-refractivity contribution in [2.24, 2.45) is 5.92 Å². The van der Waals surface area contributed by atoms with Gasteiger partial charge in [-0.25, -0.2) is 4.79 Å². The number of hydrogen-bond acceptors (Lipinski definition) is 5. The van der Waals surface area contributed by atoms with Crippen molar-refractivity contribution in [2.75, 3.05) is 0 Å². The van der Waals surface area contributed by atoms with Crippen LogP contribution in [0.3, 0.4) is 0 Å². The van der Waals surface area contributed by atoms with E-state index in [1.807, 2.05) is 39.0 Å². The number of nitrogens with zero attached hydrogens (tertiary/aromatic N) is 1. The largest absolute Gasteiger partial charge is 0.368 e. The first-order valence-corrected chi connectivity index (χ1v) is 10.3. The van der Waals surface area contributed by atoms with Crippen LogP contribution in [0.4, 0.5) is 0 Å². The maximum Gasteiger partial charge on any atom is 0.329 e. The molecular weight excluding hydrogens is 376 g/mol. The average Bonchev–Trinajstić information content (AvgIpc) is 3.06. The van der Waals surface area contributed by atoms with E-state index in [2.05, 4.69) is 11.1 Å². The van der Waals surface area contributed by atoms with E-state index in [0.29, 0.717) is 36.4 Å². The molecule has 3 rings (SSSR count). The van der Waals surface area contributed by atoms with Crippen LogP contribution in [0.15, 0.2) is 49.4 Å². The number of rotatable bonds is 6. The second-order valence-electron chi connectivity index (χ2n) is 7.35. The summed E-state index contributed by atoms with van der Waals surface area (Å²) in [4.78, 5) is 28.4. The molecule has 0 bridgehead atoms. The minimum absolute atomic E-state index is 0.311. The summed E-state index contributed by atoms with van der Waals surface area (Å²) in [6, 6.07) is 6.17. The molecule has 1 heterocycles. The monoisotopic (exact) mass is 402 g/mol. The molecule has 2 aromatic rings. The average molecular weight is 403 g/mol. The SMILES string of the molecule is CCc1c(Sc2cc(C)cc(C)c2)n(CC2=CC(C(O)O)CC2)c(=O)[nH]c1=O. The highest BCUT2D eigenvalue weighted by Gasteiger charge is 2.23. The Morgan fingerprint density at radius 1 is 1.21 bits per heavy atom. The van der Waals surface area contributed by atoms with Gasteiger partial charge in [0, 0.05) is 22.9 Å². The number of nitrogens with one attached hydrogen (secondary N) is 1. The predicted octanol–water partition coefficient (Wildman–Crippen LogP) is 2.51. The number of aromatic nitrogens is 2. The number of allylic oxidation sites excluding steroid dienone is 1. The fourth-order valence-electron chi connectivity index (χ4n) is 3.66. The normalized spacial score (nSPS) is 16.6. The van der Waals surface area contributed by atoms with Gasteiger partial charge in [0.1, 0.15) is 0 Å². The van der Waals surface area contributed by atoms with Gasteiger partial charge in [0.05, 0.1) is 5.03 Å². The van der Waals surface area contributed by atoms with Gasteiger partial charge < -0.3 is 10.2 Å². The Labute approximate surface area is 167 Å². The van der Waals surface area contributed by atoms with Crippen LogP contribution < -0.4 is 11.2 Å². The van der Waals surface area contributed by atoms with Crippen molar-refractivity contribution in [1.82, 2.24) is 9.55 Å². The predicted molar refractivity (Wildman–Crippen MR) is 110 cm³/mol. The zero-order chi connectivity index (χ0) is 20.4. The van der Waals surface area contributed by atoms with E-state index in [4.69, 9.17) is 0 Å². The first-order valence-electron chi connectivity index (χ1n) is 9.46. The Morgan fingerprint density at radius 2 is 1.89 bits per heavy atom. The van der Waals surface area contributed by atoms with Gasteiger partial charge in [-0.2, -0.15) is 0 Å². The zero-order valence-electron chi connectivity index (χ0n) is 16.4. The number of aliphatic hydroxyl groups excluding tert-OH is 1. The van der Waals surface area contributed by atoms with Crippen LogP contribution in [0.25, 0.3) is 0 Å². The smallest absolute Gasteiger partial charge is 0.329 e. The van der Waals surface area contributed by atoms with Crippen LogP contribution in [-0.2, 0) is 13.0 Å². The van der Waals surface area contributed by atoms with E-state index in [0.717, 1.165) is 21.6 Å². The maximum atomic E-state index is 12.6. The van der Waals surface area contributed by atoms with E-state index in [1.54, 1.807) is 4.57 Å². The summed E-state index contributed by atoms with van der Waals surface area (Å²) in [5, 5.41) is 19.5. The first-order chi connectivity index (χ1) is 13.3. The fraction of sp³-hybridized carbons (Fsp3) is 0.429. The molecule has 0 saturated carbocycles. The number of aromatic amines is 1. The molecule has 150 valence electrons. The van der Waals surface area contributed by atoms with Crippen LogP contribution in [-0.4, -0.2) is 26.1 Å². The standard InChI is InChI=1S/C21H26N2O4S/c1-4-17-18(24)22-21(27)23(11-14-5-6-15(10-14)20(25)26)19(17)28-16-8-12(2)7-13(3)9-16/h7-10,15,20,25-26H,4-6,11H2,1-3H3,(H,22,24,27). The van der Waals surface area contributed by atoms with Gasteiger partial charge in [-0.05, 0) is 56.4 Å². The Hall–Kier alpha value is -2.09. The van der Waals surface area contributed by atoms with Crippen molar-refractivity contribution >= 4 is 11.8 Å². The summed E-state index contributed by atoms with van der Waals surface area (Å²) < 4.78 is 1.60.